The Bertz CT molecular complexity index is 1160. The fourth-order valence-electron chi connectivity index (χ4n) is 5.18. The largest absolute Gasteiger partial charge is 0.335 e. The van der Waals surface area contributed by atoms with E-state index in [0.717, 1.165) is 45.3 Å². The van der Waals surface area contributed by atoms with Crippen LogP contribution < -0.4 is 5.32 Å². The molecule has 0 bridgehead atoms. The summed E-state index contributed by atoms with van der Waals surface area (Å²) in [5, 5.41) is 3.18. The van der Waals surface area contributed by atoms with Crippen LogP contribution in [0.2, 0.25) is 0 Å². The third-order valence-electron chi connectivity index (χ3n) is 6.93. The summed E-state index contributed by atoms with van der Waals surface area (Å²) >= 11 is 0. The van der Waals surface area contributed by atoms with Crippen molar-refractivity contribution in [1.29, 1.82) is 0 Å². The first-order valence-corrected chi connectivity index (χ1v) is 13.3. The van der Waals surface area contributed by atoms with Crippen molar-refractivity contribution in [3.8, 4) is 0 Å². The van der Waals surface area contributed by atoms with Gasteiger partial charge in [0, 0.05) is 19.1 Å². The summed E-state index contributed by atoms with van der Waals surface area (Å²) in [6, 6.07) is 10.3. The van der Waals surface area contributed by atoms with Crippen LogP contribution in [0, 0.1) is 0 Å². The molecule has 9 heteroatoms. The molecule has 0 aliphatic carbocycles. The topological polar surface area (TPSA) is 93.2 Å². The zero-order valence-electron chi connectivity index (χ0n) is 19.0. The minimum atomic E-state index is -4.35. The van der Waals surface area contributed by atoms with Gasteiger partial charge in [-0.2, -0.15) is 8.42 Å². The van der Waals surface area contributed by atoms with Crippen molar-refractivity contribution in [2.75, 3.05) is 26.2 Å². The van der Waals surface area contributed by atoms with Gasteiger partial charge in [0.1, 0.15) is 10.7 Å². The zero-order valence-corrected chi connectivity index (χ0v) is 19.8. The fraction of sp³-hybridized carbons (Fsp3) is 0.400. The molecule has 4 heterocycles. The number of nitrogens with zero attached hydrogens (tertiary/aromatic N) is 3. The molecule has 1 atom stereocenters. The van der Waals surface area contributed by atoms with E-state index in [2.05, 4.69) is 34.5 Å². The average Bonchev–Trinajstić information content (AvgIpc) is 3.21. The molecule has 2 amide bonds. The molecule has 0 saturated carbocycles. The van der Waals surface area contributed by atoms with Gasteiger partial charge in [0.25, 0.3) is 10.1 Å². The standard InChI is InChI=1S/C25H30N4O4S/c30-25(26-20-13-16-27(17-14-20)15-5-8-19-6-2-1-3-7-19)28-18-21-11-12-23(34(31,32)33)22-9-4-10-24(28)29(21)22/h1-4,6-7,9-12,20-21H,5,8,13-18H2,(H,26,30)(H,31,32,33). The lowest BCUT2D eigenvalue weighted by Crippen LogP contribution is -2.48. The molecule has 2 saturated heterocycles. The van der Waals surface area contributed by atoms with Crippen LogP contribution in [0.25, 0.3) is 0 Å². The van der Waals surface area contributed by atoms with Crippen molar-refractivity contribution in [2.45, 2.75) is 37.8 Å². The molecule has 1 aromatic rings. The fourth-order valence-corrected chi connectivity index (χ4v) is 5.86. The van der Waals surface area contributed by atoms with E-state index < -0.39 is 10.1 Å². The second-order valence-corrected chi connectivity index (χ2v) is 10.6. The summed E-state index contributed by atoms with van der Waals surface area (Å²) in [7, 11) is -4.35. The van der Waals surface area contributed by atoms with Crippen LogP contribution in [-0.2, 0) is 16.5 Å². The number of benzene rings is 1. The van der Waals surface area contributed by atoms with Gasteiger partial charge in [-0.15, -0.1) is 0 Å². The molecule has 4 aliphatic heterocycles. The van der Waals surface area contributed by atoms with Gasteiger partial charge in [0.2, 0.25) is 0 Å². The van der Waals surface area contributed by atoms with Crippen LogP contribution in [0.4, 0.5) is 4.79 Å². The lowest BCUT2D eigenvalue weighted by molar-refractivity contribution is 0.180. The number of nitrogens with one attached hydrogen (secondary N) is 1. The Balaban J connectivity index is 1.14. The Morgan fingerprint density at radius 2 is 1.88 bits per heavy atom. The molecule has 1 aromatic carbocycles. The molecule has 180 valence electrons. The molecule has 0 radical (unpaired) electrons. The molecule has 2 N–H and O–H groups in total. The van der Waals surface area contributed by atoms with Crippen LogP contribution in [-0.4, -0.2) is 72.0 Å². The minimum Gasteiger partial charge on any atom is -0.335 e. The normalized spacial score (nSPS) is 22.7. The van der Waals surface area contributed by atoms with Crippen molar-refractivity contribution in [3.05, 3.63) is 82.7 Å². The summed E-state index contributed by atoms with van der Waals surface area (Å²) in [5.41, 5.74) is 1.77. The first kappa shape index (κ1) is 22.9. The van der Waals surface area contributed by atoms with Gasteiger partial charge in [-0.25, -0.2) is 4.79 Å². The number of aryl methyl sites for hydroxylation is 1. The van der Waals surface area contributed by atoms with E-state index in [1.54, 1.807) is 34.1 Å². The first-order valence-electron chi connectivity index (χ1n) is 11.8. The maximum absolute atomic E-state index is 13.1. The van der Waals surface area contributed by atoms with Gasteiger partial charge < -0.3 is 15.1 Å². The zero-order chi connectivity index (χ0) is 23.7. The summed E-state index contributed by atoms with van der Waals surface area (Å²) in [4.78, 5) is 18.9. The predicted octanol–water partition coefficient (Wildman–Crippen LogP) is 2.86. The number of carbonyl (C=O) groups excluding carboxylic acids is 1. The highest BCUT2D eigenvalue weighted by Gasteiger charge is 2.42. The first-order chi connectivity index (χ1) is 16.4. The smallest absolute Gasteiger partial charge is 0.323 e. The van der Waals surface area contributed by atoms with E-state index in [1.165, 1.54) is 11.6 Å². The number of allylic oxidation sites excluding steroid dienone is 4. The van der Waals surface area contributed by atoms with Crippen molar-refractivity contribution in [2.24, 2.45) is 0 Å². The number of likely N-dealkylation sites (tertiary alicyclic amines) is 1. The SMILES string of the molecule is O=C(NC1CCN(CCCc2ccccc2)CC1)N1CC2C=CC(S(=O)(=O)O)=C3C=CC=C1N32. The summed E-state index contributed by atoms with van der Waals surface area (Å²) in [6.07, 6.45) is 12.3. The molecule has 34 heavy (non-hydrogen) atoms. The highest BCUT2D eigenvalue weighted by molar-refractivity contribution is 7.90. The van der Waals surface area contributed by atoms with E-state index in [4.69, 9.17) is 0 Å². The summed E-state index contributed by atoms with van der Waals surface area (Å²) in [5.74, 6) is 0.629. The lowest BCUT2D eigenvalue weighted by atomic mass is 10.0. The minimum absolute atomic E-state index is 0.120. The van der Waals surface area contributed by atoms with Crippen LogP contribution in [0.5, 0.6) is 0 Å². The third kappa shape index (κ3) is 4.68. The van der Waals surface area contributed by atoms with Crippen molar-refractivity contribution < 1.29 is 17.8 Å². The Hall–Kier alpha value is -2.88. The van der Waals surface area contributed by atoms with Gasteiger partial charge in [-0.1, -0.05) is 42.5 Å². The Kier molecular flexibility index (Phi) is 6.33. The van der Waals surface area contributed by atoms with Gasteiger partial charge in [0.15, 0.2) is 0 Å². The predicted molar refractivity (Wildman–Crippen MR) is 130 cm³/mol. The molecule has 0 spiro atoms. The monoisotopic (exact) mass is 482 g/mol. The highest BCUT2D eigenvalue weighted by atomic mass is 32.2. The van der Waals surface area contributed by atoms with Crippen LogP contribution in [0.15, 0.2) is 77.1 Å². The quantitative estimate of drug-likeness (QED) is 0.606. The number of rotatable bonds is 6. The number of piperidine rings is 1. The van der Waals surface area contributed by atoms with Crippen molar-refractivity contribution >= 4 is 16.1 Å². The summed E-state index contributed by atoms with van der Waals surface area (Å²) in [6.45, 7) is 3.42. The maximum Gasteiger partial charge on any atom is 0.323 e. The molecule has 5 rings (SSSR count). The average molecular weight is 483 g/mol. The van der Waals surface area contributed by atoms with Crippen molar-refractivity contribution in [3.63, 3.8) is 0 Å². The van der Waals surface area contributed by atoms with E-state index in [1.807, 2.05) is 6.07 Å². The molecule has 0 aromatic heterocycles. The van der Waals surface area contributed by atoms with E-state index in [-0.39, 0.29) is 23.0 Å². The number of urea groups is 1. The Labute approximate surface area is 200 Å². The second-order valence-electron chi connectivity index (χ2n) is 9.17. The summed E-state index contributed by atoms with van der Waals surface area (Å²) < 4.78 is 33.2. The van der Waals surface area contributed by atoms with E-state index in [9.17, 15) is 17.8 Å². The molecular weight excluding hydrogens is 452 g/mol. The van der Waals surface area contributed by atoms with Gasteiger partial charge in [0.05, 0.1) is 18.3 Å². The Morgan fingerprint density at radius 3 is 2.62 bits per heavy atom. The van der Waals surface area contributed by atoms with Crippen LogP contribution in [0.1, 0.15) is 24.8 Å². The maximum atomic E-state index is 13.1. The molecule has 8 nitrogen and oxygen atoms in total. The third-order valence-corrected chi connectivity index (χ3v) is 7.83. The van der Waals surface area contributed by atoms with E-state index in [0.29, 0.717) is 18.1 Å². The molecule has 4 aliphatic rings. The van der Waals surface area contributed by atoms with E-state index >= 15 is 0 Å². The van der Waals surface area contributed by atoms with Gasteiger partial charge >= 0.3 is 6.03 Å². The molecule has 1 unspecified atom stereocenters. The van der Waals surface area contributed by atoms with Gasteiger partial charge in [-0.3, -0.25) is 9.45 Å². The Morgan fingerprint density at radius 1 is 1.12 bits per heavy atom. The van der Waals surface area contributed by atoms with Crippen LogP contribution >= 0.6 is 0 Å². The number of hydrogen-bond donors (Lipinski definition) is 2. The molecule has 2 fully saturated rings. The second kappa shape index (κ2) is 9.40. The number of carbonyl (C=O) groups is 1. The lowest BCUT2D eigenvalue weighted by Gasteiger charge is -2.34. The van der Waals surface area contributed by atoms with Crippen LogP contribution in [0.3, 0.4) is 0 Å². The molecular formula is C25H30N4O4S. The number of amides is 2. The number of hydrogen-bond acceptors (Lipinski definition) is 5. The highest BCUT2D eigenvalue weighted by Crippen LogP contribution is 2.38. The van der Waals surface area contributed by atoms with Gasteiger partial charge in [-0.05, 0) is 56.0 Å². The van der Waals surface area contributed by atoms with Crippen molar-refractivity contribution in [1.82, 2.24) is 20.0 Å².